The van der Waals surface area contributed by atoms with E-state index in [4.69, 9.17) is 0 Å². The summed E-state index contributed by atoms with van der Waals surface area (Å²) in [5.74, 6) is -1.05. The summed E-state index contributed by atoms with van der Waals surface area (Å²) in [4.78, 5) is 0. The SMILES string of the molecule is Cc1ccc(NC(C)c2c(F)cccc2F)cc1. The first kappa shape index (κ1) is 12.6. The van der Waals surface area contributed by atoms with Crippen LogP contribution >= 0.6 is 0 Å². The molecule has 0 radical (unpaired) electrons. The molecule has 3 heteroatoms. The van der Waals surface area contributed by atoms with Crippen LogP contribution in [0.5, 0.6) is 0 Å². The Hall–Kier alpha value is -1.90. The maximum Gasteiger partial charge on any atom is 0.131 e. The third kappa shape index (κ3) is 2.67. The molecule has 2 rings (SSSR count). The van der Waals surface area contributed by atoms with Gasteiger partial charge in [-0.2, -0.15) is 0 Å². The average Bonchev–Trinajstić information content (AvgIpc) is 2.32. The number of hydrogen-bond donors (Lipinski definition) is 1. The topological polar surface area (TPSA) is 12.0 Å². The summed E-state index contributed by atoms with van der Waals surface area (Å²) in [6.07, 6.45) is 0. The highest BCUT2D eigenvalue weighted by Gasteiger charge is 2.15. The van der Waals surface area contributed by atoms with Crippen molar-refractivity contribution in [2.45, 2.75) is 19.9 Å². The van der Waals surface area contributed by atoms with Gasteiger partial charge in [-0.25, -0.2) is 8.78 Å². The van der Waals surface area contributed by atoms with Crippen LogP contribution in [0.2, 0.25) is 0 Å². The van der Waals surface area contributed by atoms with Gasteiger partial charge in [0, 0.05) is 11.3 Å². The molecule has 0 saturated carbocycles. The van der Waals surface area contributed by atoms with Crippen LogP contribution < -0.4 is 5.32 Å². The molecule has 0 fully saturated rings. The van der Waals surface area contributed by atoms with Crippen molar-refractivity contribution in [1.29, 1.82) is 0 Å². The van der Waals surface area contributed by atoms with Crippen LogP contribution in [-0.2, 0) is 0 Å². The number of hydrogen-bond acceptors (Lipinski definition) is 1. The lowest BCUT2D eigenvalue weighted by molar-refractivity contribution is 0.544. The molecular weight excluding hydrogens is 232 g/mol. The number of nitrogens with one attached hydrogen (secondary N) is 1. The zero-order valence-electron chi connectivity index (χ0n) is 10.4. The van der Waals surface area contributed by atoms with Crippen molar-refractivity contribution in [3.8, 4) is 0 Å². The van der Waals surface area contributed by atoms with E-state index >= 15 is 0 Å². The zero-order valence-corrected chi connectivity index (χ0v) is 10.4. The quantitative estimate of drug-likeness (QED) is 0.845. The summed E-state index contributed by atoms with van der Waals surface area (Å²) in [5.41, 5.74) is 2.05. The monoisotopic (exact) mass is 247 g/mol. The summed E-state index contributed by atoms with van der Waals surface area (Å²) in [6, 6.07) is 11.2. The van der Waals surface area contributed by atoms with Crippen molar-refractivity contribution in [3.05, 3.63) is 65.2 Å². The van der Waals surface area contributed by atoms with Gasteiger partial charge in [0.15, 0.2) is 0 Å². The van der Waals surface area contributed by atoms with E-state index in [1.54, 1.807) is 6.92 Å². The van der Waals surface area contributed by atoms with E-state index in [0.717, 1.165) is 11.3 Å². The van der Waals surface area contributed by atoms with Crippen molar-refractivity contribution in [2.24, 2.45) is 0 Å². The van der Waals surface area contributed by atoms with Gasteiger partial charge in [-0.05, 0) is 38.1 Å². The van der Waals surface area contributed by atoms with Crippen molar-refractivity contribution >= 4 is 5.69 Å². The summed E-state index contributed by atoms with van der Waals surface area (Å²) in [7, 11) is 0. The third-order valence-corrected chi connectivity index (χ3v) is 2.87. The Balaban J connectivity index is 2.22. The highest BCUT2D eigenvalue weighted by atomic mass is 19.1. The van der Waals surface area contributed by atoms with Crippen LogP contribution in [-0.4, -0.2) is 0 Å². The van der Waals surface area contributed by atoms with E-state index in [-0.39, 0.29) is 5.56 Å². The highest BCUT2D eigenvalue weighted by molar-refractivity contribution is 5.46. The molecule has 1 N–H and O–H groups in total. The van der Waals surface area contributed by atoms with Gasteiger partial charge in [0.05, 0.1) is 6.04 Å². The fourth-order valence-corrected chi connectivity index (χ4v) is 1.90. The van der Waals surface area contributed by atoms with Crippen LogP contribution in [0.4, 0.5) is 14.5 Å². The number of anilines is 1. The largest absolute Gasteiger partial charge is 0.378 e. The number of benzene rings is 2. The molecule has 1 unspecified atom stereocenters. The summed E-state index contributed by atoms with van der Waals surface area (Å²) >= 11 is 0. The second-order valence-electron chi connectivity index (χ2n) is 4.37. The van der Waals surface area contributed by atoms with Gasteiger partial charge in [0.25, 0.3) is 0 Å². The highest BCUT2D eigenvalue weighted by Crippen LogP contribution is 2.24. The molecule has 2 aromatic rings. The molecule has 0 bridgehead atoms. The summed E-state index contributed by atoms with van der Waals surface area (Å²) in [6.45, 7) is 3.73. The van der Waals surface area contributed by atoms with Crippen LogP contribution in [0.1, 0.15) is 24.1 Å². The standard InChI is InChI=1S/C15H15F2N/c1-10-6-8-12(9-7-10)18-11(2)15-13(16)4-3-5-14(15)17/h3-9,11,18H,1-2H3. The maximum absolute atomic E-state index is 13.6. The van der Waals surface area contributed by atoms with Crippen molar-refractivity contribution in [1.82, 2.24) is 0 Å². The van der Waals surface area contributed by atoms with E-state index in [1.165, 1.54) is 18.2 Å². The molecule has 1 nitrogen and oxygen atoms in total. The fraction of sp³-hybridized carbons (Fsp3) is 0.200. The van der Waals surface area contributed by atoms with Crippen LogP contribution in [0.3, 0.4) is 0 Å². The lowest BCUT2D eigenvalue weighted by Gasteiger charge is -2.17. The van der Waals surface area contributed by atoms with Gasteiger partial charge in [-0.3, -0.25) is 0 Å². The first-order valence-corrected chi connectivity index (χ1v) is 5.85. The Morgan fingerprint density at radius 2 is 1.50 bits per heavy atom. The van der Waals surface area contributed by atoms with Crippen LogP contribution in [0.25, 0.3) is 0 Å². The smallest absolute Gasteiger partial charge is 0.131 e. The second kappa shape index (κ2) is 5.17. The average molecular weight is 247 g/mol. The fourth-order valence-electron chi connectivity index (χ4n) is 1.90. The molecule has 0 heterocycles. The predicted octanol–water partition coefficient (Wildman–Crippen LogP) is 4.45. The molecule has 0 aromatic heterocycles. The van der Waals surface area contributed by atoms with Gasteiger partial charge in [0.2, 0.25) is 0 Å². The molecule has 0 aliphatic heterocycles. The van der Waals surface area contributed by atoms with Crippen molar-refractivity contribution < 1.29 is 8.78 Å². The third-order valence-electron chi connectivity index (χ3n) is 2.87. The Morgan fingerprint density at radius 1 is 0.944 bits per heavy atom. The minimum absolute atomic E-state index is 0.0677. The summed E-state index contributed by atoms with van der Waals surface area (Å²) < 4.78 is 27.2. The molecule has 0 saturated heterocycles. The molecular formula is C15H15F2N. The van der Waals surface area contributed by atoms with Gasteiger partial charge >= 0.3 is 0 Å². The van der Waals surface area contributed by atoms with E-state index in [2.05, 4.69) is 5.32 Å². The van der Waals surface area contributed by atoms with Crippen molar-refractivity contribution in [2.75, 3.05) is 5.32 Å². The first-order chi connectivity index (χ1) is 8.58. The molecule has 2 aromatic carbocycles. The Kier molecular flexibility index (Phi) is 3.60. The van der Waals surface area contributed by atoms with Crippen LogP contribution in [0.15, 0.2) is 42.5 Å². The molecule has 18 heavy (non-hydrogen) atoms. The molecule has 0 aliphatic rings. The number of rotatable bonds is 3. The molecule has 94 valence electrons. The minimum atomic E-state index is -0.526. The Bertz CT molecular complexity index is 514. The lowest BCUT2D eigenvalue weighted by atomic mass is 10.1. The molecule has 0 amide bonds. The maximum atomic E-state index is 13.6. The first-order valence-electron chi connectivity index (χ1n) is 5.85. The molecule has 1 atom stereocenters. The Labute approximate surface area is 105 Å². The molecule has 0 aliphatic carbocycles. The second-order valence-corrected chi connectivity index (χ2v) is 4.37. The van der Waals surface area contributed by atoms with E-state index in [1.807, 2.05) is 31.2 Å². The van der Waals surface area contributed by atoms with Crippen molar-refractivity contribution in [3.63, 3.8) is 0 Å². The van der Waals surface area contributed by atoms with Gasteiger partial charge in [-0.15, -0.1) is 0 Å². The van der Waals surface area contributed by atoms with Crippen LogP contribution in [0, 0.1) is 18.6 Å². The van der Waals surface area contributed by atoms with Gasteiger partial charge < -0.3 is 5.32 Å². The van der Waals surface area contributed by atoms with E-state index in [0.29, 0.717) is 0 Å². The van der Waals surface area contributed by atoms with E-state index < -0.39 is 17.7 Å². The number of halogens is 2. The minimum Gasteiger partial charge on any atom is -0.378 e. The van der Waals surface area contributed by atoms with Gasteiger partial charge in [-0.1, -0.05) is 23.8 Å². The number of aryl methyl sites for hydroxylation is 1. The zero-order chi connectivity index (χ0) is 13.1. The lowest BCUT2D eigenvalue weighted by Crippen LogP contribution is -2.10. The summed E-state index contributed by atoms with van der Waals surface area (Å²) in [5, 5.41) is 3.09. The van der Waals surface area contributed by atoms with E-state index in [9.17, 15) is 8.78 Å². The predicted molar refractivity (Wildman–Crippen MR) is 69.6 cm³/mol. The Morgan fingerprint density at radius 3 is 2.06 bits per heavy atom. The van der Waals surface area contributed by atoms with Gasteiger partial charge in [0.1, 0.15) is 11.6 Å². The molecule has 0 spiro atoms. The normalized spacial score (nSPS) is 12.2.